The number of piperidine rings is 1. The molecule has 39 heavy (non-hydrogen) atoms. The lowest BCUT2D eigenvalue weighted by atomic mass is 10.1. The van der Waals surface area contributed by atoms with Crippen molar-refractivity contribution in [2.24, 2.45) is 0 Å². The molecule has 5 rings (SSSR count). The van der Waals surface area contributed by atoms with E-state index in [1.54, 1.807) is 6.20 Å². The molecule has 0 saturated carbocycles. The zero-order chi connectivity index (χ0) is 27.6. The van der Waals surface area contributed by atoms with Gasteiger partial charge in [0.15, 0.2) is 17.0 Å². The molecule has 0 aliphatic carbocycles. The summed E-state index contributed by atoms with van der Waals surface area (Å²) in [5.41, 5.74) is 3.04. The minimum atomic E-state index is -0.543. The van der Waals surface area contributed by atoms with Crippen molar-refractivity contribution in [1.29, 1.82) is 0 Å². The number of rotatable bonds is 7. The number of benzene rings is 1. The molecule has 11 nitrogen and oxygen atoms in total. The summed E-state index contributed by atoms with van der Waals surface area (Å²) in [6.45, 7) is 11.8. The highest BCUT2D eigenvalue weighted by Gasteiger charge is 2.27. The molecule has 1 aliphatic heterocycles. The standard InChI is InChI=1S/C28H37N9O2/c1-19(2)36-18-30-23-24(29-16-20-10-6-7-12-22(20)37-15-9-13-31-37)33-26(34-25(23)36)35-14-8-11-21(17-35)32-27(38)39-28(3,4)5/h6-7,9-10,12-13,15,18-19,21H,8,11,14,16-17H2,1-5H3,(H,32,38)(H,29,33,34)/t21-/m1/s1. The van der Waals surface area contributed by atoms with Crippen LogP contribution in [0.1, 0.15) is 59.1 Å². The molecule has 0 bridgehead atoms. The molecule has 1 fully saturated rings. The molecule has 206 valence electrons. The van der Waals surface area contributed by atoms with Crippen molar-refractivity contribution >= 4 is 29.0 Å². The van der Waals surface area contributed by atoms with Gasteiger partial charge in [-0.1, -0.05) is 18.2 Å². The molecule has 0 unspecified atom stereocenters. The Kier molecular flexibility index (Phi) is 7.40. The fourth-order valence-electron chi connectivity index (χ4n) is 4.77. The van der Waals surface area contributed by atoms with E-state index in [-0.39, 0.29) is 12.1 Å². The van der Waals surface area contributed by atoms with E-state index in [0.29, 0.717) is 24.9 Å². The summed E-state index contributed by atoms with van der Waals surface area (Å²) in [6, 6.07) is 10.2. The van der Waals surface area contributed by atoms with Gasteiger partial charge in [0, 0.05) is 44.1 Å². The number of para-hydroxylation sites is 1. The number of imidazole rings is 1. The highest BCUT2D eigenvalue weighted by atomic mass is 16.6. The number of aromatic nitrogens is 6. The Hall–Kier alpha value is -4.15. The average molecular weight is 532 g/mol. The summed E-state index contributed by atoms with van der Waals surface area (Å²) in [4.78, 5) is 29.1. The molecular weight excluding hydrogens is 494 g/mol. The number of fused-ring (bicyclic) bond motifs is 1. The summed E-state index contributed by atoms with van der Waals surface area (Å²) in [6.07, 6.45) is 6.90. The maximum atomic E-state index is 12.4. The Morgan fingerprint density at radius 1 is 1.18 bits per heavy atom. The third-order valence-electron chi connectivity index (χ3n) is 6.58. The summed E-state index contributed by atoms with van der Waals surface area (Å²) >= 11 is 0. The number of hydrogen-bond acceptors (Lipinski definition) is 8. The van der Waals surface area contributed by atoms with Gasteiger partial charge in [0.1, 0.15) is 5.60 Å². The molecule has 1 aromatic carbocycles. The van der Waals surface area contributed by atoms with Gasteiger partial charge in [-0.25, -0.2) is 14.5 Å². The number of ether oxygens (including phenoxy) is 1. The predicted octanol–water partition coefficient (Wildman–Crippen LogP) is 4.70. The van der Waals surface area contributed by atoms with Crippen molar-refractivity contribution in [2.75, 3.05) is 23.3 Å². The van der Waals surface area contributed by atoms with Crippen molar-refractivity contribution < 1.29 is 9.53 Å². The van der Waals surface area contributed by atoms with Gasteiger partial charge in [-0.05, 0) is 65.2 Å². The van der Waals surface area contributed by atoms with Gasteiger partial charge in [0.05, 0.1) is 12.0 Å². The highest BCUT2D eigenvalue weighted by Crippen LogP contribution is 2.27. The molecule has 0 spiro atoms. The Balaban J connectivity index is 1.42. The first-order chi connectivity index (χ1) is 18.7. The molecular formula is C28H37N9O2. The van der Waals surface area contributed by atoms with Gasteiger partial charge in [-0.15, -0.1) is 0 Å². The Morgan fingerprint density at radius 2 is 2.00 bits per heavy atom. The summed E-state index contributed by atoms with van der Waals surface area (Å²) in [7, 11) is 0. The van der Waals surface area contributed by atoms with E-state index < -0.39 is 11.7 Å². The van der Waals surface area contributed by atoms with Crippen LogP contribution in [0, 0.1) is 0 Å². The minimum Gasteiger partial charge on any atom is -0.444 e. The van der Waals surface area contributed by atoms with E-state index in [4.69, 9.17) is 14.7 Å². The zero-order valence-corrected chi connectivity index (χ0v) is 23.3. The second-order valence-corrected chi connectivity index (χ2v) is 11.2. The van der Waals surface area contributed by atoms with E-state index in [9.17, 15) is 4.79 Å². The van der Waals surface area contributed by atoms with Crippen molar-refractivity contribution in [3.8, 4) is 5.69 Å². The summed E-state index contributed by atoms with van der Waals surface area (Å²) in [5, 5.41) is 10.9. The monoisotopic (exact) mass is 531 g/mol. The van der Waals surface area contributed by atoms with Crippen LogP contribution in [-0.2, 0) is 11.3 Å². The van der Waals surface area contributed by atoms with Gasteiger partial charge >= 0.3 is 6.09 Å². The van der Waals surface area contributed by atoms with Crippen LogP contribution in [0.4, 0.5) is 16.6 Å². The molecule has 0 radical (unpaired) electrons. The normalized spacial score (nSPS) is 16.1. The summed E-state index contributed by atoms with van der Waals surface area (Å²) < 4.78 is 9.39. The largest absolute Gasteiger partial charge is 0.444 e. The number of carbonyl (C=O) groups is 1. The molecule has 4 aromatic rings. The van der Waals surface area contributed by atoms with E-state index in [1.165, 1.54) is 0 Å². The van der Waals surface area contributed by atoms with Crippen LogP contribution in [0.25, 0.3) is 16.9 Å². The number of nitrogens with zero attached hydrogens (tertiary/aromatic N) is 7. The predicted molar refractivity (Wildman–Crippen MR) is 151 cm³/mol. The first-order valence-corrected chi connectivity index (χ1v) is 13.5. The van der Waals surface area contributed by atoms with Crippen molar-refractivity contribution in [1.82, 2.24) is 34.6 Å². The first-order valence-electron chi connectivity index (χ1n) is 13.5. The number of alkyl carbamates (subject to hydrolysis) is 1. The maximum Gasteiger partial charge on any atom is 0.407 e. The highest BCUT2D eigenvalue weighted by molar-refractivity contribution is 5.84. The average Bonchev–Trinajstić information content (AvgIpc) is 3.57. The maximum absolute atomic E-state index is 12.4. The van der Waals surface area contributed by atoms with Crippen LogP contribution < -0.4 is 15.5 Å². The van der Waals surface area contributed by atoms with Crippen LogP contribution in [-0.4, -0.2) is 60.1 Å². The molecule has 1 amide bonds. The Morgan fingerprint density at radius 3 is 2.74 bits per heavy atom. The third-order valence-corrected chi connectivity index (χ3v) is 6.58. The van der Waals surface area contributed by atoms with Crippen LogP contribution in [0.15, 0.2) is 49.1 Å². The lowest BCUT2D eigenvalue weighted by Gasteiger charge is -2.33. The molecule has 1 saturated heterocycles. The van der Waals surface area contributed by atoms with Crippen LogP contribution in [0.3, 0.4) is 0 Å². The summed E-state index contributed by atoms with van der Waals surface area (Å²) in [5.74, 6) is 1.29. The number of carbonyl (C=O) groups excluding carboxylic acids is 1. The van der Waals surface area contributed by atoms with Crippen LogP contribution in [0.2, 0.25) is 0 Å². The lowest BCUT2D eigenvalue weighted by molar-refractivity contribution is 0.0500. The van der Waals surface area contributed by atoms with Crippen LogP contribution in [0.5, 0.6) is 0 Å². The van der Waals surface area contributed by atoms with Gasteiger partial charge in [0.2, 0.25) is 5.95 Å². The van der Waals surface area contributed by atoms with Crippen molar-refractivity contribution in [3.63, 3.8) is 0 Å². The quantitative estimate of drug-likeness (QED) is 0.353. The van der Waals surface area contributed by atoms with E-state index in [2.05, 4.69) is 50.1 Å². The molecule has 1 atom stereocenters. The SMILES string of the molecule is CC(C)n1cnc2c(NCc3ccccc3-n3cccn3)nc(N3CCC[C@@H](NC(=O)OC(C)(C)C)C3)nc21. The number of nitrogens with one attached hydrogen (secondary N) is 2. The fraction of sp³-hybridized carbons (Fsp3) is 0.464. The van der Waals surface area contributed by atoms with Crippen LogP contribution >= 0.6 is 0 Å². The zero-order valence-electron chi connectivity index (χ0n) is 23.3. The third kappa shape index (κ3) is 6.13. The van der Waals surface area contributed by atoms with Gasteiger partial charge in [-0.2, -0.15) is 15.1 Å². The first kappa shape index (κ1) is 26.5. The Bertz CT molecular complexity index is 1420. The number of anilines is 2. The van der Waals surface area contributed by atoms with E-state index >= 15 is 0 Å². The number of hydrogen-bond donors (Lipinski definition) is 2. The molecule has 1 aliphatic rings. The molecule has 11 heteroatoms. The van der Waals surface area contributed by atoms with Crippen molar-refractivity contribution in [2.45, 2.75) is 71.7 Å². The van der Waals surface area contributed by atoms with Gasteiger partial charge in [0.25, 0.3) is 0 Å². The van der Waals surface area contributed by atoms with E-state index in [0.717, 1.165) is 41.8 Å². The smallest absolute Gasteiger partial charge is 0.407 e. The second-order valence-electron chi connectivity index (χ2n) is 11.2. The molecule has 4 heterocycles. The lowest BCUT2D eigenvalue weighted by Crippen LogP contribution is -2.49. The van der Waals surface area contributed by atoms with Gasteiger partial charge in [-0.3, -0.25) is 0 Å². The second kappa shape index (κ2) is 10.9. The van der Waals surface area contributed by atoms with Gasteiger partial charge < -0.3 is 24.8 Å². The fourth-order valence-corrected chi connectivity index (χ4v) is 4.77. The Labute approximate surface area is 228 Å². The minimum absolute atomic E-state index is 0.0553. The van der Waals surface area contributed by atoms with E-state index in [1.807, 2.05) is 62.2 Å². The topological polar surface area (TPSA) is 115 Å². The number of amides is 1. The molecule has 2 N–H and O–H groups in total. The molecule has 3 aromatic heterocycles. The van der Waals surface area contributed by atoms with Crippen molar-refractivity contribution in [3.05, 3.63) is 54.6 Å².